The fraction of sp³-hybridized carbons (Fsp3) is 0.158. The van der Waals surface area contributed by atoms with Gasteiger partial charge in [-0.25, -0.2) is 9.98 Å². The molecule has 5 aromatic rings. The highest BCUT2D eigenvalue weighted by Crippen LogP contribution is 2.40. The van der Waals surface area contributed by atoms with Gasteiger partial charge in [0.15, 0.2) is 11.6 Å². The van der Waals surface area contributed by atoms with Gasteiger partial charge in [-0.1, -0.05) is 55.8 Å². The quantitative estimate of drug-likeness (QED) is 0.0234. The van der Waals surface area contributed by atoms with Crippen molar-refractivity contribution in [2.75, 3.05) is 24.1 Å². The second-order valence-corrected chi connectivity index (χ2v) is 17.5. The van der Waals surface area contributed by atoms with Gasteiger partial charge < -0.3 is 16.2 Å². The fourth-order valence-corrected chi connectivity index (χ4v) is 8.24. The Morgan fingerprint density at radius 1 is 0.661 bits per heavy atom. The number of carbonyl (C=O) groups is 2. The number of nitrogens with two attached hydrogens (primary N) is 1. The molecule has 6 rings (SSSR count). The summed E-state index contributed by atoms with van der Waals surface area (Å²) in [5, 5.41) is 12.1. The first-order valence-electron chi connectivity index (χ1n) is 18.2. The summed E-state index contributed by atoms with van der Waals surface area (Å²) in [6, 6.07) is 15.0. The van der Waals surface area contributed by atoms with Crippen LogP contribution in [-0.4, -0.2) is 89.5 Å². The molecule has 1 heterocycles. The molecule has 0 unspecified atom stereocenters. The number of aromatic nitrogens is 3. The number of unbranched alkanes of at least 4 members (excludes halogenated alkanes) is 3. The van der Waals surface area contributed by atoms with Gasteiger partial charge in [0.1, 0.15) is 14.7 Å². The largest absolute Gasteiger partial charge is 0.494 e. The van der Waals surface area contributed by atoms with E-state index in [4.69, 9.17) is 5.73 Å². The van der Waals surface area contributed by atoms with Gasteiger partial charge in [0, 0.05) is 29.9 Å². The van der Waals surface area contributed by atoms with E-state index in [9.17, 15) is 53.6 Å². The van der Waals surface area contributed by atoms with Crippen molar-refractivity contribution in [3.63, 3.8) is 0 Å². The lowest BCUT2D eigenvalue weighted by atomic mass is 9.82. The molecule has 1 aliphatic carbocycles. The van der Waals surface area contributed by atoms with Crippen LogP contribution < -0.4 is 27.9 Å². The fourth-order valence-electron chi connectivity index (χ4n) is 6.31. The number of benzene rings is 4. The number of aromatic amines is 3. The molecule has 62 heavy (non-hydrogen) atoms. The van der Waals surface area contributed by atoms with E-state index in [0.29, 0.717) is 19.4 Å². The van der Waals surface area contributed by atoms with E-state index in [1.807, 2.05) is 0 Å². The molecule has 1 aliphatic rings. The van der Waals surface area contributed by atoms with Crippen molar-refractivity contribution in [2.24, 2.45) is 20.0 Å². The van der Waals surface area contributed by atoms with Crippen LogP contribution in [0.3, 0.4) is 0 Å². The molecular weight excluding hydrogens is 871 g/mol. The van der Waals surface area contributed by atoms with E-state index >= 15 is 0 Å². The van der Waals surface area contributed by atoms with Gasteiger partial charge in [0.2, 0.25) is 22.8 Å². The molecule has 0 saturated carbocycles. The molecule has 0 atom stereocenters. The molecule has 0 saturated heterocycles. The number of nitrogen functional groups attached to an aromatic ring is 1. The minimum absolute atomic E-state index is 0.0290. The van der Waals surface area contributed by atoms with Crippen LogP contribution in [0.5, 0.6) is 0 Å². The Morgan fingerprint density at radius 3 is 1.79 bits per heavy atom. The first-order valence-corrected chi connectivity index (χ1v) is 22.5. The Labute approximate surface area is 352 Å². The number of aliphatic hydroxyl groups excluding tert-OH is 1. The average Bonchev–Trinajstić information content (AvgIpc) is 3.20. The van der Waals surface area contributed by atoms with Crippen molar-refractivity contribution in [2.45, 2.75) is 40.4 Å². The Kier molecular flexibility index (Phi) is 13.0. The first-order chi connectivity index (χ1) is 29.3. The maximum Gasteiger partial charge on any atom is 0.296 e. The van der Waals surface area contributed by atoms with Gasteiger partial charge in [0.25, 0.3) is 30.4 Å². The summed E-state index contributed by atoms with van der Waals surface area (Å²) in [6.45, 7) is 4.09. The van der Waals surface area contributed by atoms with Crippen LogP contribution in [-0.2, 0) is 30.4 Å². The van der Waals surface area contributed by atoms with Crippen molar-refractivity contribution in [1.82, 2.24) is 15.0 Å². The Morgan fingerprint density at radius 2 is 1.19 bits per heavy atom. The number of H-pyrrole nitrogens is 3. The SMILES string of the molecule is C=CC(O)=NCCCCCCN=c1[nH]c(=Nc2ccccc2S(=O)(=O)O)[nH]c(=Nc2ccc(Nc3cc(S(=O)(=O)O)c(N)c4c3C(=O)c3ccccc3C4=O)cc2S(=O)(=O)O)[nH]1. The summed E-state index contributed by atoms with van der Waals surface area (Å²) >= 11 is 0. The second-order valence-electron chi connectivity index (χ2n) is 13.4. The zero-order valence-electron chi connectivity index (χ0n) is 32.1. The Hall–Kier alpha value is -6.83. The third-order valence-electron chi connectivity index (χ3n) is 9.11. The number of para-hydroxylation sites is 1. The normalized spacial score (nSPS) is 14.2. The van der Waals surface area contributed by atoms with Gasteiger partial charge >= 0.3 is 0 Å². The van der Waals surface area contributed by atoms with E-state index in [2.05, 4.69) is 46.8 Å². The minimum atomic E-state index is -5.12. The number of fused-ring (bicyclic) bond motifs is 2. The topological polar surface area (TPSA) is 352 Å². The molecule has 21 nitrogen and oxygen atoms in total. The molecular formula is C38H37N9O12S3. The van der Waals surface area contributed by atoms with Crippen LogP contribution in [0.25, 0.3) is 0 Å². The predicted octanol–water partition coefficient (Wildman–Crippen LogP) is 3.58. The Balaban J connectivity index is 1.44. The number of hydrogen-bond donors (Lipinski definition) is 9. The maximum atomic E-state index is 13.8. The maximum absolute atomic E-state index is 13.8. The van der Waals surface area contributed by atoms with E-state index in [1.165, 1.54) is 54.6 Å². The van der Waals surface area contributed by atoms with E-state index in [-0.39, 0.29) is 63.0 Å². The second kappa shape index (κ2) is 18.0. The molecule has 0 amide bonds. The van der Waals surface area contributed by atoms with Crippen molar-refractivity contribution in [3.8, 4) is 0 Å². The number of nitrogens with one attached hydrogen (secondary N) is 4. The van der Waals surface area contributed by atoms with Crippen LogP contribution in [0.4, 0.5) is 28.4 Å². The van der Waals surface area contributed by atoms with E-state index in [0.717, 1.165) is 37.1 Å². The highest BCUT2D eigenvalue weighted by atomic mass is 32.2. The lowest BCUT2D eigenvalue weighted by Gasteiger charge is -2.23. The summed E-state index contributed by atoms with van der Waals surface area (Å²) < 4.78 is 105. The monoisotopic (exact) mass is 907 g/mol. The average molecular weight is 908 g/mol. The molecule has 4 aromatic carbocycles. The highest BCUT2D eigenvalue weighted by molar-refractivity contribution is 7.86. The first kappa shape index (κ1) is 44.7. The number of rotatable bonds is 15. The summed E-state index contributed by atoms with van der Waals surface area (Å²) in [5.74, 6) is -1.70. The molecule has 0 fully saturated rings. The van der Waals surface area contributed by atoms with Gasteiger partial charge in [-0.3, -0.25) is 48.2 Å². The summed E-state index contributed by atoms with van der Waals surface area (Å²) in [4.78, 5) is 50.5. The van der Waals surface area contributed by atoms with Crippen molar-refractivity contribution in [1.29, 1.82) is 0 Å². The summed E-state index contributed by atoms with van der Waals surface area (Å²) in [6.07, 6.45) is 4.02. The number of aliphatic hydroxyl groups is 1. The molecule has 10 N–H and O–H groups in total. The molecule has 24 heteroatoms. The third kappa shape index (κ3) is 10.2. The molecule has 0 radical (unpaired) electrons. The van der Waals surface area contributed by atoms with Crippen LogP contribution in [0.15, 0.2) is 120 Å². The summed E-state index contributed by atoms with van der Waals surface area (Å²) in [5.41, 5.74) is 2.89. The predicted molar refractivity (Wildman–Crippen MR) is 224 cm³/mol. The van der Waals surface area contributed by atoms with E-state index < -0.39 is 73.5 Å². The zero-order chi connectivity index (χ0) is 45.0. The number of nitrogens with zero attached hydrogens (tertiary/aromatic N) is 4. The molecule has 1 aromatic heterocycles. The Bertz CT molecular complexity index is 3240. The van der Waals surface area contributed by atoms with Gasteiger partial charge in [-0.15, -0.1) is 0 Å². The number of anilines is 3. The van der Waals surface area contributed by atoms with Crippen LogP contribution >= 0.6 is 0 Å². The molecule has 0 bridgehead atoms. The lowest BCUT2D eigenvalue weighted by Crippen LogP contribution is -2.37. The van der Waals surface area contributed by atoms with Crippen molar-refractivity contribution < 1.29 is 53.6 Å². The van der Waals surface area contributed by atoms with Crippen LogP contribution in [0.1, 0.15) is 57.5 Å². The number of hydrogen-bond acceptors (Lipinski definition) is 14. The van der Waals surface area contributed by atoms with Crippen LogP contribution in [0, 0.1) is 0 Å². The molecule has 0 spiro atoms. The molecule has 324 valence electrons. The number of ketones is 2. The number of aliphatic imine (C=N–C) groups is 1. The number of carbonyl (C=O) groups excluding carboxylic acids is 2. The van der Waals surface area contributed by atoms with Crippen LogP contribution in [0.2, 0.25) is 0 Å². The zero-order valence-corrected chi connectivity index (χ0v) is 34.6. The van der Waals surface area contributed by atoms with Gasteiger partial charge in [-0.05, 0) is 55.3 Å². The van der Waals surface area contributed by atoms with Gasteiger partial charge in [-0.2, -0.15) is 25.3 Å². The lowest BCUT2D eigenvalue weighted by molar-refractivity contribution is 0.0980. The standard InChI is InChI=1S/C38H37N9O12S3/c1-2-30(48)40-17-9-3-4-10-18-41-36-45-37(43-24-13-7-8-14-27(24)60(51,52)53)47-38(46-36)44-25-16-15-21(19-28(25)61(54,55)56)42-26-20-29(62(57,58)59)33(39)32-31(26)34(49)22-11-5-6-12-23(22)35(32)50/h2,5-8,11-16,19-20,42H,1,3-4,9-10,17-18,39H2,(H,40,48)(H,51,52,53)(H,54,55,56)(H,57,58,59)(H3,41,43,44,45,46,47). The summed E-state index contributed by atoms with van der Waals surface area (Å²) in [7, 11) is -14.9. The molecule has 0 aliphatic heterocycles. The van der Waals surface area contributed by atoms with Crippen molar-refractivity contribution in [3.05, 3.63) is 125 Å². The van der Waals surface area contributed by atoms with Gasteiger partial charge in [0.05, 0.1) is 33.9 Å². The minimum Gasteiger partial charge on any atom is -0.494 e. The smallest absolute Gasteiger partial charge is 0.296 e. The highest BCUT2D eigenvalue weighted by Gasteiger charge is 2.36. The van der Waals surface area contributed by atoms with Crippen molar-refractivity contribution >= 4 is 76.3 Å². The third-order valence-corrected chi connectivity index (χ3v) is 11.8. The van der Waals surface area contributed by atoms with E-state index in [1.54, 1.807) is 0 Å².